The van der Waals surface area contributed by atoms with Crippen LogP contribution >= 0.6 is 0 Å². The molecule has 0 aliphatic heterocycles. The molecule has 6 heteroatoms. The van der Waals surface area contributed by atoms with Gasteiger partial charge in [0.05, 0.1) is 21.3 Å². The molecule has 0 saturated carbocycles. The van der Waals surface area contributed by atoms with Crippen LogP contribution in [0.25, 0.3) is 0 Å². The molecule has 0 fully saturated rings. The summed E-state index contributed by atoms with van der Waals surface area (Å²) >= 11 is 0. The Morgan fingerprint density at radius 1 is 1.14 bits per heavy atom. The fourth-order valence-corrected chi connectivity index (χ4v) is 3.28. The number of benzene rings is 1. The van der Waals surface area contributed by atoms with Crippen molar-refractivity contribution in [2.75, 3.05) is 7.05 Å². The summed E-state index contributed by atoms with van der Waals surface area (Å²) in [6.45, 7) is 8.90. The van der Waals surface area contributed by atoms with Gasteiger partial charge in [0.25, 0.3) is 0 Å². The van der Waals surface area contributed by atoms with Crippen LogP contribution in [0.2, 0.25) is 0 Å². The van der Waals surface area contributed by atoms with Gasteiger partial charge in [-0.05, 0) is 52.3 Å². The van der Waals surface area contributed by atoms with Gasteiger partial charge in [-0.1, -0.05) is 11.6 Å². The third kappa shape index (κ3) is 4.54. The maximum absolute atomic E-state index is 12.9. The number of alkyl halides is 3. The molecule has 0 heterocycles. The highest BCUT2D eigenvalue weighted by molar-refractivity contribution is 7.84. The van der Waals surface area contributed by atoms with Gasteiger partial charge >= 0.3 is 6.18 Å². The van der Waals surface area contributed by atoms with Crippen LogP contribution in [0.15, 0.2) is 18.2 Å². The summed E-state index contributed by atoms with van der Waals surface area (Å²) < 4.78 is 52.2. The highest BCUT2D eigenvalue weighted by atomic mass is 32.2. The van der Waals surface area contributed by atoms with Gasteiger partial charge in [0.1, 0.15) is 0 Å². The Labute approximate surface area is 126 Å². The molecule has 0 amide bonds. The lowest BCUT2D eigenvalue weighted by molar-refractivity contribution is -0.137. The third-order valence-electron chi connectivity index (χ3n) is 3.24. The molecule has 0 saturated heterocycles. The van der Waals surface area contributed by atoms with E-state index in [2.05, 4.69) is 0 Å². The lowest BCUT2D eigenvalue weighted by Crippen LogP contribution is -2.36. The Kier molecular flexibility index (Phi) is 5.26. The fourth-order valence-electron chi connectivity index (χ4n) is 2.00. The van der Waals surface area contributed by atoms with Crippen molar-refractivity contribution < 1.29 is 17.4 Å². The van der Waals surface area contributed by atoms with E-state index in [-0.39, 0.29) is 6.04 Å². The maximum atomic E-state index is 12.9. The Balaban J connectivity index is 3.16. The van der Waals surface area contributed by atoms with Crippen molar-refractivity contribution in [1.29, 1.82) is 0 Å². The molecule has 0 bridgehead atoms. The molecule has 1 aromatic rings. The first-order valence-electron chi connectivity index (χ1n) is 6.67. The molecule has 1 rings (SSSR count). The summed E-state index contributed by atoms with van der Waals surface area (Å²) in [5, 5.41) is 0. The van der Waals surface area contributed by atoms with Crippen molar-refractivity contribution in [1.82, 2.24) is 4.31 Å². The normalized spacial score (nSPS) is 16.1. The first-order valence-corrected chi connectivity index (χ1v) is 7.78. The minimum absolute atomic E-state index is 0.369. The molecule has 1 aromatic carbocycles. The highest BCUT2D eigenvalue weighted by Gasteiger charge is 2.32. The maximum Gasteiger partial charge on any atom is 0.416 e. The largest absolute Gasteiger partial charge is 0.416 e. The van der Waals surface area contributed by atoms with Gasteiger partial charge in [-0.25, -0.2) is 8.51 Å². The second kappa shape index (κ2) is 6.08. The van der Waals surface area contributed by atoms with Gasteiger partial charge in [0, 0.05) is 13.1 Å². The summed E-state index contributed by atoms with van der Waals surface area (Å²) in [7, 11) is 0.373. The van der Waals surface area contributed by atoms with Crippen molar-refractivity contribution in [3.8, 4) is 0 Å². The molecule has 0 radical (unpaired) electrons. The number of aryl methyl sites for hydroxylation is 1. The Morgan fingerprint density at radius 3 is 2.10 bits per heavy atom. The zero-order valence-corrected chi connectivity index (χ0v) is 14.0. The second-order valence-corrected chi connectivity index (χ2v) is 8.51. The van der Waals surface area contributed by atoms with Crippen LogP contribution in [0.1, 0.15) is 50.4 Å². The first kappa shape index (κ1) is 18.2. The lowest BCUT2D eigenvalue weighted by atomic mass is 10.0. The molecule has 0 aliphatic carbocycles. The number of halogens is 3. The van der Waals surface area contributed by atoms with Crippen molar-refractivity contribution in [3.63, 3.8) is 0 Å². The zero-order valence-electron chi connectivity index (χ0n) is 13.2. The van der Waals surface area contributed by atoms with Gasteiger partial charge < -0.3 is 0 Å². The minimum Gasteiger partial charge on any atom is -0.242 e. The molecule has 2 nitrogen and oxygen atoms in total. The number of nitrogens with zero attached hydrogens (tertiary/aromatic N) is 1. The fraction of sp³-hybridized carbons (Fsp3) is 0.600. The average molecular weight is 321 g/mol. The molecular formula is C15H22F3NOS. The van der Waals surface area contributed by atoms with E-state index in [0.717, 1.165) is 12.1 Å². The average Bonchev–Trinajstić information content (AvgIpc) is 2.33. The number of hydrogen-bond acceptors (Lipinski definition) is 1. The number of rotatable bonds is 3. The number of hydrogen-bond donors (Lipinski definition) is 0. The van der Waals surface area contributed by atoms with Crippen molar-refractivity contribution >= 4 is 11.0 Å². The Hall–Kier alpha value is -0.880. The molecule has 2 atom stereocenters. The molecule has 21 heavy (non-hydrogen) atoms. The van der Waals surface area contributed by atoms with Gasteiger partial charge in [-0.15, -0.1) is 0 Å². The van der Waals surface area contributed by atoms with E-state index in [1.807, 2.05) is 20.8 Å². The minimum atomic E-state index is -4.37. The third-order valence-corrected chi connectivity index (χ3v) is 5.13. The van der Waals surface area contributed by atoms with E-state index < -0.39 is 27.5 Å². The van der Waals surface area contributed by atoms with Gasteiger partial charge in [0.15, 0.2) is 0 Å². The summed E-state index contributed by atoms with van der Waals surface area (Å²) in [5.41, 5.74) is 0.392. The summed E-state index contributed by atoms with van der Waals surface area (Å²) in [6, 6.07) is 3.59. The van der Waals surface area contributed by atoms with E-state index >= 15 is 0 Å². The monoisotopic (exact) mass is 321 g/mol. The van der Waals surface area contributed by atoms with Gasteiger partial charge in [0.2, 0.25) is 0 Å². The van der Waals surface area contributed by atoms with Gasteiger partial charge in [-0.3, -0.25) is 0 Å². The highest BCUT2D eigenvalue weighted by Crippen LogP contribution is 2.33. The standard InChI is InChI=1S/C15H22F3NOS/c1-10-7-12(9-13(8-10)15(16,17)18)11(2)19(6)21(20)14(3,4)5/h7-9,11H,1-6H3. The topological polar surface area (TPSA) is 20.3 Å². The van der Waals surface area contributed by atoms with E-state index in [9.17, 15) is 17.4 Å². The predicted octanol–water partition coefficient (Wildman–Crippen LogP) is 4.47. The molecule has 0 spiro atoms. The van der Waals surface area contributed by atoms with E-state index in [1.54, 1.807) is 31.3 Å². The molecule has 120 valence electrons. The zero-order chi connectivity index (χ0) is 16.6. The quantitative estimate of drug-likeness (QED) is 0.804. The summed E-state index contributed by atoms with van der Waals surface area (Å²) in [4.78, 5) is 0. The lowest BCUT2D eigenvalue weighted by Gasteiger charge is -2.30. The van der Waals surface area contributed by atoms with Gasteiger partial charge in [-0.2, -0.15) is 13.2 Å². The van der Waals surface area contributed by atoms with Crippen LogP contribution in [-0.2, 0) is 17.2 Å². The van der Waals surface area contributed by atoms with Crippen LogP contribution in [0, 0.1) is 6.92 Å². The molecule has 0 N–H and O–H groups in total. The SMILES string of the molecule is Cc1cc(C(C)N(C)S(=O)C(C)(C)C)cc(C(F)(F)F)c1. The van der Waals surface area contributed by atoms with Crippen molar-refractivity contribution in [3.05, 3.63) is 34.9 Å². The Bertz CT molecular complexity index is 535. The Morgan fingerprint density at radius 2 is 1.67 bits per heavy atom. The first-order chi connectivity index (χ1) is 9.34. The summed E-state index contributed by atoms with van der Waals surface area (Å²) in [6.07, 6.45) is -4.37. The smallest absolute Gasteiger partial charge is 0.242 e. The predicted molar refractivity (Wildman–Crippen MR) is 80.3 cm³/mol. The van der Waals surface area contributed by atoms with Crippen LogP contribution in [-0.4, -0.2) is 20.3 Å². The van der Waals surface area contributed by atoms with Crippen molar-refractivity contribution in [2.24, 2.45) is 0 Å². The van der Waals surface area contributed by atoms with E-state index in [0.29, 0.717) is 11.1 Å². The molecule has 0 aromatic heterocycles. The van der Waals surface area contributed by atoms with E-state index in [4.69, 9.17) is 0 Å². The van der Waals surface area contributed by atoms with Crippen molar-refractivity contribution in [2.45, 2.75) is 51.6 Å². The second-order valence-electron chi connectivity index (χ2n) is 6.21. The van der Waals surface area contributed by atoms with Crippen LogP contribution in [0.5, 0.6) is 0 Å². The van der Waals surface area contributed by atoms with Crippen LogP contribution in [0.4, 0.5) is 13.2 Å². The van der Waals surface area contributed by atoms with E-state index in [1.165, 1.54) is 0 Å². The molecular weight excluding hydrogens is 299 g/mol. The molecule has 0 aliphatic rings. The molecule has 2 unspecified atom stereocenters. The summed E-state index contributed by atoms with van der Waals surface area (Å²) in [5.74, 6) is 0. The van der Waals surface area contributed by atoms with Crippen LogP contribution in [0.3, 0.4) is 0 Å². The van der Waals surface area contributed by atoms with Crippen LogP contribution < -0.4 is 0 Å².